The summed E-state index contributed by atoms with van der Waals surface area (Å²) in [6.07, 6.45) is 4.96. The van der Waals surface area contributed by atoms with Crippen LogP contribution in [0.5, 0.6) is 5.75 Å². The van der Waals surface area contributed by atoms with Gasteiger partial charge in [0.05, 0.1) is 25.7 Å². The van der Waals surface area contributed by atoms with E-state index in [-0.39, 0.29) is 25.0 Å². The van der Waals surface area contributed by atoms with E-state index in [1.54, 1.807) is 0 Å². The van der Waals surface area contributed by atoms with Crippen molar-refractivity contribution in [3.8, 4) is 5.75 Å². The van der Waals surface area contributed by atoms with Crippen molar-refractivity contribution >= 4 is 17.5 Å². The van der Waals surface area contributed by atoms with Crippen LogP contribution in [0.25, 0.3) is 0 Å². The molecule has 2 saturated heterocycles. The summed E-state index contributed by atoms with van der Waals surface area (Å²) in [6, 6.07) is 3.85. The molecule has 2 aliphatic rings. The number of nitrogens with zero attached hydrogens (tertiary/aromatic N) is 4. The van der Waals surface area contributed by atoms with Crippen LogP contribution in [0.2, 0.25) is 5.02 Å². The molecule has 9 heteroatoms. The lowest BCUT2D eigenvalue weighted by molar-refractivity contribution is -0.158. The number of carbonyl (C=O) groups is 1. The van der Waals surface area contributed by atoms with Gasteiger partial charge in [-0.25, -0.2) is 4.98 Å². The minimum atomic E-state index is -0.781. The number of morpholine rings is 1. The predicted molar refractivity (Wildman–Crippen MR) is 135 cm³/mol. The Morgan fingerprint density at radius 3 is 2.66 bits per heavy atom. The second-order valence-electron chi connectivity index (χ2n) is 9.82. The zero-order valence-corrected chi connectivity index (χ0v) is 21.8. The number of aryl methyl sites for hydroxylation is 3. The first-order valence-corrected chi connectivity index (χ1v) is 12.9. The van der Waals surface area contributed by atoms with Crippen LogP contribution in [-0.4, -0.2) is 81.5 Å². The molecule has 0 spiro atoms. The molecule has 1 amide bonds. The van der Waals surface area contributed by atoms with Gasteiger partial charge in [0.25, 0.3) is 0 Å². The van der Waals surface area contributed by atoms with Gasteiger partial charge in [-0.15, -0.1) is 0 Å². The van der Waals surface area contributed by atoms with Crippen molar-refractivity contribution in [2.45, 2.75) is 64.8 Å². The zero-order chi connectivity index (χ0) is 25.0. The van der Waals surface area contributed by atoms with Gasteiger partial charge in [0, 0.05) is 50.1 Å². The number of piperidine rings is 1. The fourth-order valence-electron chi connectivity index (χ4n) is 4.99. The Hall–Kier alpha value is -2.13. The summed E-state index contributed by atoms with van der Waals surface area (Å²) in [5, 5.41) is 10.6. The normalized spacial score (nSPS) is 21.9. The largest absolute Gasteiger partial charge is 0.490 e. The Labute approximate surface area is 212 Å². The Kier molecular flexibility index (Phi) is 8.37. The average Bonchev–Trinajstić information content (AvgIpc) is 3.28. The summed E-state index contributed by atoms with van der Waals surface area (Å²) in [6.45, 7) is 10.8. The third kappa shape index (κ3) is 6.36. The van der Waals surface area contributed by atoms with Gasteiger partial charge in [-0.05, 0) is 56.9 Å². The molecule has 2 aromatic rings. The number of benzene rings is 1. The van der Waals surface area contributed by atoms with Crippen LogP contribution in [0.1, 0.15) is 43.1 Å². The lowest BCUT2D eigenvalue weighted by Crippen LogP contribution is -2.57. The zero-order valence-electron chi connectivity index (χ0n) is 21.0. The van der Waals surface area contributed by atoms with E-state index in [0.717, 1.165) is 40.8 Å². The van der Waals surface area contributed by atoms with Gasteiger partial charge in [-0.1, -0.05) is 11.6 Å². The van der Waals surface area contributed by atoms with E-state index in [9.17, 15) is 9.90 Å². The van der Waals surface area contributed by atoms with Crippen molar-refractivity contribution in [3.05, 3.63) is 46.5 Å². The predicted octanol–water partition coefficient (Wildman–Crippen LogP) is 3.20. The number of aliphatic hydroxyl groups is 1. The summed E-state index contributed by atoms with van der Waals surface area (Å²) in [5.74, 6) is 1.77. The van der Waals surface area contributed by atoms with Crippen molar-refractivity contribution < 1.29 is 19.4 Å². The van der Waals surface area contributed by atoms with E-state index >= 15 is 0 Å². The SMILES string of the molecule is CCn1ccnc1CN1CCO[C@@](COc2cc(C)c(Cl)c(C)c2)(CC(=O)N2CCC(O)CC2)C1. The smallest absolute Gasteiger partial charge is 0.225 e. The van der Waals surface area contributed by atoms with Crippen LogP contribution in [-0.2, 0) is 22.6 Å². The number of carbonyl (C=O) groups excluding carboxylic acids is 1. The maximum Gasteiger partial charge on any atom is 0.225 e. The fourth-order valence-corrected chi connectivity index (χ4v) is 5.10. The Morgan fingerprint density at radius 1 is 1.26 bits per heavy atom. The lowest BCUT2D eigenvalue weighted by atomic mass is 9.96. The number of rotatable bonds is 8. The molecule has 0 unspecified atom stereocenters. The Bertz CT molecular complexity index is 998. The van der Waals surface area contributed by atoms with Gasteiger partial charge < -0.3 is 24.0 Å². The van der Waals surface area contributed by atoms with Gasteiger partial charge in [-0.3, -0.25) is 9.69 Å². The first-order valence-electron chi connectivity index (χ1n) is 12.5. The molecule has 4 rings (SSSR count). The second kappa shape index (κ2) is 11.3. The van der Waals surface area contributed by atoms with Crippen LogP contribution in [0, 0.1) is 13.8 Å². The Morgan fingerprint density at radius 2 is 1.97 bits per heavy atom. The summed E-state index contributed by atoms with van der Waals surface area (Å²) in [5.41, 5.74) is 1.13. The summed E-state index contributed by atoms with van der Waals surface area (Å²) in [7, 11) is 0. The van der Waals surface area contributed by atoms with Crippen molar-refractivity contribution in [2.24, 2.45) is 0 Å². The molecular weight excluding hydrogens is 468 g/mol. The molecular formula is C26H37ClN4O4. The van der Waals surface area contributed by atoms with Crippen LogP contribution in [0.15, 0.2) is 24.5 Å². The number of amides is 1. The van der Waals surface area contributed by atoms with E-state index in [2.05, 4.69) is 21.4 Å². The third-order valence-corrected chi connectivity index (χ3v) is 7.63. The molecule has 1 atom stereocenters. The van der Waals surface area contributed by atoms with Crippen molar-refractivity contribution in [1.29, 1.82) is 0 Å². The molecule has 3 heterocycles. The number of imidazole rings is 1. The number of aliphatic hydroxyl groups excluding tert-OH is 1. The van der Waals surface area contributed by atoms with Crippen molar-refractivity contribution in [2.75, 3.05) is 39.4 Å². The van der Waals surface area contributed by atoms with E-state index in [1.807, 2.05) is 43.3 Å². The maximum atomic E-state index is 13.3. The minimum Gasteiger partial charge on any atom is -0.490 e. The first-order chi connectivity index (χ1) is 16.8. The average molecular weight is 505 g/mol. The molecule has 1 N–H and O–H groups in total. The molecule has 0 saturated carbocycles. The number of ether oxygens (including phenoxy) is 2. The maximum absolute atomic E-state index is 13.3. The lowest BCUT2D eigenvalue weighted by Gasteiger charge is -2.43. The molecule has 0 radical (unpaired) electrons. The number of halogens is 1. The second-order valence-corrected chi connectivity index (χ2v) is 10.2. The van der Waals surface area contributed by atoms with Crippen molar-refractivity contribution in [1.82, 2.24) is 19.4 Å². The molecule has 1 aromatic carbocycles. The standard InChI is InChI=1S/C26H37ClN4O4/c1-4-30-10-7-28-23(30)16-29-11-12-35-26(17-29,15-24(33)31-8-5-21(32)6-9-31)18-34-22-13-19(2)25(27)20(3)14-22/h7,10,13-14,21,32H,4-6,8-9,11-12,15-18H2,1-3H3/t26-/m0/s1. The molecule has 8 nitrogen and oxygen atoms in total. The highest BCUT2D eigenvalue weighted by Gasteiger charge is 2.41. The number of hydrogen-bond donors (Lipinski definition) is 1. The molecule has 35 heavy (non-hydrogen) atoms. The summed E-state index contributed by atoms with van der Waals surface area (Å²) >= 11 is 6.34. The first kappa shape index (κ1) is 25.9. The van der Waals surface area contributed by atoms with Crippen LogP contribution < -0.4 is 4.74 Å². The van der Waals surface area contributed by atoms with Gasteiger partial charge >= 0.3 is 0 Å². The molecule has 0 aliphatic carbocycles. The number of hydrogen-bond acceptors (Lipinski definition) is 6. The fraction of sp³-hybridized carbons (Fsp3) is 0.615. The topological polar surface area (TPSA) is 80.1 Å². The highest BCUT2D eigenvalue weighted by Crippen LogP contribution is 2.30. The molecule has 2 fully saturated rings. The van der Waals surface area contributed by atoms with Gasteiger partial charge in [0.2, 0.25) is 5.91 Å². The molecule has 1 aromatic heterocycles. The van der Waals surface area contributed by atoms with Crippen LogP contribution >= 0.6 is 11.6 Å². The minimum absolute atomic E-state index is 0.0425. The summed E-state index contributed by atoms with van der Waals surface area (Å²) < 4.78 is 14.7. The van der Waals surface area contributed by atoms with Gasteiger partial charge in [-0.2, -0.15) is 0 Å². The monoisotopic (exact) mass is 504 g/mol. The summed E-state index contributed by atoms with van der Waals surface area (Å²) in [4.78, 5) is 22.0. The molecule has 192 valence electrons. The van der Waals surface area contributed by atoms with Crippen LogP contribution in [0.4, 0.5) is 0 Å². The Balaban J connectivity index is 1.51. The molecule has 0 bridgehead atoms. The third-order valence-electron chi connectivity index (χ3n) is 7.04. The number of aromatic nitrogens is 2. The molecule has 2 aliphatic heterocycles. The van der Waals surface area contributed by atoms with Crippen molar-refractivity contribution in [3.63, 3.8) is 0 Å². The van der Waals surface area contributed by atoms with E-state index in [4.69, 9.17) is 21.1 Å². The number of likely N-dealkylation sites (tertiary alicyclic amines) is 1. The van der Waals surface area contributed by atoms with E-state index in [1.165, 1.54) is 0 Å². The van der Waals surface area contributed by atoms with Gasteiger partial charge in [0.1, 0.15) is 23.8 Å². The highest BCUT2D eigenvalue weighted by atomic mass is 35.5. The highest BCUT2D eigenvalue weighted by molar-refractivity contribution is 6.32. The van der Waals surface area contributed by atoms with Crippen LogP contribution in [0.3, 0.4) is 0 Å². The van der Waals surface area contributed by atoms with E-state index < -0.39 is 5.60 Å². The van der Waals surface area contributed by atoms with Gasteiger partial charge in [0.15, 0.2) is 0 Å². The quantitative estimate of drug-likeness (QED) is 0.594. The van der Waals surface area contributed by atoms with E-state index in [0.29, 0.717) is 45.6 Å².